The first-order valence-electron chi connectivity index (χ1n) is 8.65. The molecule has 1 amide bonds. The van der Waals surface area contributed by atoms with Crippen molar-refractivity contribution in [1.29, 1.82) is 0 Å². The Morgan fingerprint density at radius 3 is 2.56 bits per heavy atom. The topological polar surface area (TPSA) is 59.9 Å². The first-order chi connectivity index (χ1) is 13.1. The van der Waals surface area contributed by atoms with Crippen molar-refractivity contribution in [2.24, 2.45) is 5.10 Å². The van der Waals surface area contributed by atoms with Gasteiger partial charge in [0.25, 0.3) is 5.91 Å². The fourth-order valence-corrected chi connectivity index (χ4v) is 2.95. The lowest BCUT2D eigenvalue weighted by atomic mass is 10.0. The van der Waals surface area contributed by atoms with Gasteiger partial charge in [0.2, 0.25) is 0 Å². The van der Waals surface area contributed by atoms with Crippen molar-refractivity contribution in [2.75, 3.05) is 13.7 Å². The standard InChI is InChI=1S/C22H22N2O3/c1-15-10-16(2)12-18(11-15)27-14-22(25)24-23-13-20-19-7-5-4-6-17(19)8-9-21(20)26-3/h4-13H,14H2,1-3H3,(H,24,25). The van der Waals surface area contributed by atoms with Crippen molar-refractivity contribution in [1.82, 2.24) is 5.43 Å². The Morgan fingerprint density at radius 1 is 1.07 bits per heavy atom. The molecule has 0 spiro atoms. The van der Waals surface area contributed by atoms with Crippen molar-refractivity contribution in [3.8, 4) is 11.5 Å². The fraction of sp³-hybridized carbons (Fsp3) is 0.182. The summed E-state index contributed by atoms with van der Waals surface area (Å²) in [6, 6.07) is 17.6. The Hall–Kier alpha value is -3.34. The quantitative estimate of drug-likeness (QED) is 0.533. The van der Waals surface area contributed by atoms with Crippen LogP contribution < -0.4 is 14.9 Å². The third kappa shape index (κ3) is 4.64. The van der Waals surface area contributed by atoms with E-state index in [2.05, 4.69) is 16.6 Å². The van der Waals surface area contributed by atoms with Crippen molar-refractivity contribution in [2.45, 2.75) is 13.8 Å². The first-order valence-corrected chi connectivity index (χ1v) is 8.65. The molecule has 0 bridgehead atoms. The number of methoxy groups -OCH3 is 1. The zero-order valence-electron chi connectivity index (χ0n) is 15.7. The van der Waals surface area contributed by atoms with Gasteiger partial charge in [-0.1, -0.05) is 36.4 Å². The van der Waals surface area contributed by atoms with Crippen LogP contribution in [0.2, 0.25) is 0 Å². The lowest BCUT2D eigenvalue weighted by Gasteiger charge is -2.09. The minimum atomic E-state index is -0.329. The predicted octanol–water partition coefficient (Wildman–Crippen LogP) is 3.99. The summed E-state index contributed by atoms with van der Waals surface area (Å²) in [5, 5.41) is 6.14. The lowest BCUT2D eigenvalue weighted by molar-refractivity contribution is -0.123. The van der Waals surface area contributed by atoms with E-state index < -0.39 is 0 Å². The third-order valence-electron chi connectivity index (χ3n) is 4.10. The highest BCUT2D eigenvalue weighted by atomic mass is 16.5. The molecule has 5 heteroatoms. The second-order valence-electron chi connectivity index (χ2n) is 6.31. The molecular weight excluding hydrogens is 340 g/mol. The lowest BCUT2D eigenvalue weighted by Crippen LogP contribution is -2.24. The minimum Gasteiger partial charge on any atom is -0.496 e. The van der Waals surface area contributed by atoms with Crippen LogP contribution in [0.4, 0.5) is 0 Å². The van der Waals surface area contributed by atoms with Crippen LogP contribution in [0.25, 0.3) is 10.8 Å². The van der Waals surface area contributed by atoms with E-state index in [4.69, 9.17) is 9.47 Å². The number of benzene rings is 3. The molecule has 0 saturated carbocycles. The number of fused-ring (bicyclic) bond motifs is 1. The smallest absolute Gasteiger partial charge is 0.277 e. The van der Waals surface area contributed by atoms with Gasteiger partial charge in [0.15, 0.2) is 6.61 Å². The molecule has 1 N–H and O–H groups in total. The highest BCUT2D eigenvalue weighted by molar-refractivity contribution is 6.02. The monoisotopic (exact) mass is 362 g/mol. The van der Waals surface area contributed by atoms with E-state index in [-0.39, 0.29) is 12.5 Å². The van der Waals surface area contributed by atoms with E-state index >= 15 is 0 Å². The van der Waals surface area contributed by atoms with Crippen molar-refractivity contribution >= 4 is 22.9 Å². The number of nitrogens with zero attached hydrogens (tertiary/aromatic N) is 1. The van der Waals surface area contributed by atoms with Gasteiger partial charge < -0.3 is 9.47 Å². The molecule has 3 aromatic rings. The van der Waals surface area contributed by atoms with Gasteiger partial charge in [-0.25, -0.2) is 5.43 Å². The number of amides is 1. The summed E-state index contributed by atoms with van der Waals surface area (Å²) in [6.07, 6.45) is 1.59. The second-order valence-corrected chi connectivity index (χ2v) is 6.31. The van der Waals surface area contributed by atoms with Crippen LogP contribution in [0.15, 0.2) is 59.7 Å². The maximum Gasteiger partial charge on any atom is 0.277 e. The highest BCUT2D eigenvalue weighted by Gasteiger charge is 2.07. The number of nitrogens with one attached hydrogen (secondary N) is 1. The SMILES string of the molecule is COc1ccc2ccccc2c1C=NNC(=O)COc1cc(C)cc(C)c1. The molecule has 0 fully saturated rings. The van der Waals surface area contributed by atoms with Gasteiger partial charge in [0.1, 0.15) is 11.5 Å². The number of hydrogen-bond acceptors (Lipinski definition) is 4. The van der Waals surface area contributed by atoms with Crippen LogP contribution >= 0.6 is 0 Å². The average molecular weight is 362 g/mol. The van der Waals surface area contributed by atoms with Gasteiger partial charge >= 0.3 is 0 Å². The normalized spacial score (nSPS) is 10.9. The Balaban J connectivity index is 1.66. The van der Waals surface area contributed by atoms with Gasteiger partial charge in [-0.2, -0.15) is 5.10 Å². The Labute approximate surface area is 158 Å². The number of ether oxygens (including phenoxy) is 2. The molecule has 138 valence electrons. The maximum absolute atomic E-state index is 12.0. The summed E-state index contributed by atoms with van der Waals surface area (Å²) in [6.45, 7) is 3.87. The number of hydrogen-bond donors (Lipinski definition) is 1. The highest BCUT2D eigenvalue weighted by Crippen LogP contribution is 2.26. The summed E-state index contributed by atoms with van der Waals surface area (Å²) in [7, 11) is 1.61. The van der Waals surface area contributed by atoms with Crippen molar-refractivity contribution in [3.63, 3.8) is 0 Å². The third-order valence-corrected chi connectivity index (χ3v) is 4.10. The Kier molecular flexibility index (Phi) is 5.71. The molecule has 0 saturated heterocycles. The van der Waals surface area contributed by atoms with E-state index in [1.54, 1.807) is 13.3 Å². The summed E-state index contributed by atoms with van der Waals surface area (Å²) in [4.78, 5) is 12.0. The molecule has 0 aliphatic heterocycles. The maximum atomic E-state index is 12.0. The molecule has 0 aliphatic rings. The molecule has 0 radical (unpaired) electrons. The average Bonchev–Trinajstić information content (AvgIpc) is 2.65. The molecule has 5 nitrogen and oxygen atoms in total. The van der Waals surface area contributed by atoms with Crippen LogP contribution in [0.5, 0.6) is 11.5 Å². The predicted molar refractivity (Wildman–Crippen MR) is 108 cm³/mol. The summed E-state index contributed by atoms with van der Waals surface area (Å²) in [5.74, 6) is 1.03. The van der Waals surface area contributed by atoms with Crippen LogP contribution in [0.1, 0.15) is 16.7 Å². The number of rotatable bonds is 6. The molecule has 0 aliphatic carbocycles. The minimum absolute atomic E-state index is 0.104. The molecular formula is C22H22N2O3. The summed E-state index contributed by atoms with van der Waals surface area (Å²) >= 11 is 0. The van der Waals surface area contributed by atoms with Crippen molar-refractivity contribution in [3.05, 3.63) is 71.3 Å². The fourth-order valence-electron chi connectivity index (χ4n) is 2.95. The van der Waals surface area contributed by atoms with Gasteiger partial charge in [-0.05, 0) is 53.9 Å². The van der Waals surface area contributed by atoms with Crippen molar-refractivity contribution < 1.29 is 14.3 Å². The summed E-state index contributed by atoms with van der Waals surface area (Å²) < 4.78 is 10.9. The number of carbonyl (C=O) groups excluding carboxylic acids is 1. The molecule has 3 rings (SSSR count). The van der Waals surface area contributed by atoms with Crippen LogP contribution in [0.3, 0.4) is 0 Å². The molecule has 3 aromatic carbocycles. The Morgan fingerprint density at radius 2 is 1.81 bits per heavy atom. The van der Waals surface area contributed by atoms with E-state index in [0.29, 0.717) is 11.5 Å². The zero-order valence-corrected chi connectivity index (χ0v) is 15.7. The number of hydrazone groups is 1. The largest absolute Gasteiger partial charge is 0.496 e. The zero-order chi connectivity index (χ0) is 19.2. The Bertz CT molecular complexity index is 976. The molecule has 0 heterocycles. The van der Waals surface area contributed by atoms with Gasteiger partial charge in [0.05, 0.1) is 13.3 Å². The van der Waals surface area contributed by atoms with Gasteiger partial charge in [-0.3, -0.25) is 4.79 Å². The van der Waals surface area contributed by atoms with E-state index in [0.717, 1.165) is 27.5 Å². The van der Waals surface area contributed by atoms with Crippen LogP contribution in [-0.4, -0.2) is 25.8 Å². The van der Waals surface area contributed by atoms with Gasteiger partial charge in [-0.15, -0.1) is 0 Å². The molecule has 0 unspecified atom stereocenters. The molecule has 27 heavy (non-hydrogen) atoms. The van der Waals surface area contributed by atoms with E-state index in [1.165, 1.54) is 0 Å². The van der Waals surface area contributed by atoms with Crippen LogP contribution in [-0.2, 0) is 4.79 Å². The second kappa shape index (κ2) is 8.36. The molecule has 0 atom stereocenters. The summed E-state index contributed by atoms with van der Waals surface area (Å²) in [5.41, 5.74) is 5.49. The van der Waals surface area contributed by atoms with Gasteiger partial charge in [0, 0.05) is 5.56 Å². The molecule has 0 aromatic heterocycles. The van der Waals surface area contributed by atoms with E-state index in [1.807, 2.05) is 62.4 Å². The number of aryl methyl sites for hydroxylation is 2. The van der Waals surface area contributed by atoms with E-state index in [9.17, 15) is 4.79 Å². The first kappa shape index (κ1) is 18.5. The number of carbonyl (C=O) groups is 1. The van der Waals surface area contributed by atoms with Crippen LogP contribution in [0, 0.1) is 13.8 Å².